The minimum Gasteiger partial charge on any atom is -0.477 e. The monoisotopic (exact) mass is 650 g/mol. The van der Waals surface area contributed by atoms with E-state index in [0.29, 0.717) is 19.3 Å². The minimum absolute atomic E-state index is 0.0543. The van der Waals surface area contributed by atoms with Crippen LogP contribution >= 0.6 is 0 Å². The Morgan fingerprint density at radius 2 is 1.15 bits per heavy atom. The van der Waals surface area contributed by atoms with E-state index in [2.05, 4.69) is 50.3 Å². The zero-order valence-corrected chi connectivity index (χ0v) is 30.0. The Balaban J connectivity index is 4.22. The lowest BCUT2D eigenvalue weighted by Gasteiger charge is -2.31. The molecule has 2 atom stereocenters. The topological polar surface area (TPSA) is 99.1 Å². The molecule has 0 saturated carbocycles. The van der Waals surface area contributed by atoms with Crippen molar-refractivity contribution in [3.63, 3.8) is 0 Å². The molecule has 0 aromatic rings. The second kappa shape index (κ2) is 29.9. The number of carboxylic acids is 1. The molecule has 46 heavy (non-hydrogen) atoms. The summed E-state index contributed by atoms with van der Waals surface area (Å²) >= 11 is 0. The van der Waals surface area contributed by atoms with Gasteiger partial charge in [-0.3, -0.25) is 9.59 Å². The van der Waals surface area contributed by atoms with Crippen molar-refractivity contribution in [1.82, 2.24) is 0 Å². The molecule has 0 radical (unpaired) electrons. The molecule has 0 spiro atoms. The molecule has 1 N–H and O–H groups in total. The number of hydrogen-bond donors (Lipinski definition) is 1. The molecule has 0 fully saturated rings. The molecule has 266 valence electrons. The van der Waals surface area contributed by atoms with Gasteiger partial charge in [0.2, 0.25) is 0 Å². The lowest BCUT2D eigenvalue weighted by molar-refractivity contribution is -0.887. The second-order valence-electron chi connectivity index (χ2n) is 13.1. The zero-order chi connectivity index (χ0) is 34.3. The average molecular weight is 651 g/mol. The van der Waals surface area contributed by atoms with E-state index in [4.69, 9.17) is 14.2 Å². The highest BCUT2D eigenvalue weighted by atomic mass is 16.6. The Hall–Kier alpha value is -2.45. The van der Waals surface area contributed by atoms with Crippen molar-refractivity contribution in [2.75, 3.05) is 41.0 Å². The first-order chi connectivity index (χ1) is 22.1. The molecule has 0 aliphatic carbocycles. The minimum atomic E-state index is -0.882. The van der Waals surface area contributed by atoms with Crippen LogP contribution in [0.3, 0.4) is 0 Å². The number of ether oxygens (including phenoxy) is 3. The van der Waals surface area contributed by atoms with Crippen LogP contribution in [0, 0.1) is 0 Å². The number of carbonyl (C=O) groups is 3. The molecule has 0 bridgehead atoms. The summed E-state index contributed by atoms with van der Waals surface area (Å²) in [5, 5.41) is 9.52. The Bertz CT molecular complexity index is 860. The molecule has 2 unspecified atom stereocenters. The first kappa shape index (κ1) is 43.5. The number of quaternary nitrogens is 1. The van der Waals surface area contributed by atoms with Crippen molar-refractivity contribution in [3.05, 3.63) is 36.5 Å². The maximum atomic E-state index is 12.5. The third-order valence-electron chi connectivity index (χ3n) is 7.79. The lowest BCUT2D eigenvalue weighted by Crippen LogP contribution is -2.50. The van der Waals surface area contributed by atoms with Gasteiger partial charge < -0.3 is 23.8 Å². The fourth-order valence-corrected chi connectivity index (χ4v) is 4.92. The maximum absolute atomic E-state index is 12.5. The first-order valence-electron chi connectivity index (χ1n) is 18.0. The van der Waals surface area contributed by atoms with Crippen molar-refractivity contribution in [1.29, 1.82) is 0 Å². The predicted molar refractivity (Wildman–Crippen MR) is 188 cm³/mol. The Labute approximate surface area is 281 Å². The smallest absolute Gasteiger partial charge is 0.362 e. The molecule has 0 rings (SSSR count). The van der Waals surface area contributed by atoms with Gasteiger partial charge in [-0.05, 0) is 51.4 Å². The van der Waals surface area contributed by atoms with Crippen LogP contribution in [0.2, 0.25) is 0 Å². The molecule has 0 aromatic heterocycles. The van der Waals surface area contributed by atoms with Gasteiger partial charge in [0, 0.05) is 19.3 Å². The number of rotatable bonds is 31. The quantitative estimate of drug-likeness (QED) is 0.0347. The molecule has 0 aliphatic rings. The molecule has 0 heterocycles. The van der Waals surface area contributed by atoms with Crippen LogP contribution in [0.25, 0.3) is 0 Å². The summed E-state index contributed by atoms with van der Waals surface area (Å²) in [6, 6.07) is -0.612. The van der Waals surface area contributed by atoms with Gasteiger partial charge in [0.15, 0.2) is 12.1 Å². The van der Waals surface area contributed by atoms with E-state index in [-0.39, 0.29) is 36.2 Å². The summed E-state index contributed by atoms with van der Waals surface area (Å²) in [5.74, 6) is -1.52. The fourth-order valence-electron chi connectivity index (χ4n) is 4.92. The van der Waals surface area contributed by atoms with Crippen LogP contribution in [0.15, 0.2) is 36.5 Å². The number of esters is 2. The summed E-state index contributed by atoms with van der Waals surface area (Å²) in [6.07, 6.45) is 31.1. The molecular formula is C38H68NO7+. The Morgan fingerprint density at radius 1 is 0.652 bits per heavy atom. The van der Waals surface area contributed by atoms with Crippen LogP contribution in [0.5, 0.6) is 0 Å². The van der Waals surface area contributed by atoms with Crippen molar-refractivity contribution < 1.29 is 38.2 Å². The number of carbonyl (C=O) groups excluding carboxylic acids is 2. The van der Waals surface area contributed by atoms with Crippen LogP contribution in [0.1, 0.15) is 136 Å². The zero-order valence-electron chi connectivity index (χ0n) is 30.0. The number of likely N-dealkylation sites (N-methyl/N-ethyl adjacent to an activating group) is 1. The van der Waals surface area contributed by atoms with E-state index in [0.717, 1.165) is 64.2 Å². The molecular weight excluding hydrogens is 582 g/mol. The van der Waals surface area contributed by atoms with E-state index in [9.17, 15) is 19.5 Å². The van der Waals surface area contributed by atoms with Gasteiger partial charge in [0.25, 0.3) is 0 Å². The summed E-state index contributed by atoms with van der Waals surface area (Å²) < 4.78 is 16.9. The second-order valence-corrected chi connectivity index (χ2v) is 13.1. The van der Waals surface area contributed by atoms with Crippen molar-refractivity contribution in [2.45, 2.75) is 148 Å². The fraction of sp³-hybridized carbons (Fsp3) is 0.763. The highest BCUT2D eigenvalue weighted by Gasteiger charge is 2.31. The number of aliphatic carboxylic acids is 1. The third-order valence-corrected chi connectivity index (χ3v) is 7.79. The summed E-state index contributed by atoms with van der Waals surface area (Å²) in [6.45, 7) is 4.50. The predicted octanol–water partition coefficient (Wildman–Crippen LogP) is 8.74. The highest BCUT2D eigenvalue weighted by molar-refractivity contribution is 5.72. The normalized spacial score (nSPS) is 13.5. The number of carboxylic acid groups (broad SMARTS) is 1. The van der Waals surface area contributed by atoms with Crippen LogP contribution < -0.4 is 0 Å². The molecule has 8 heteroatoms. The Morgan fingerprint density at radius 3 is 1.74 bits per heavy atom. The summed E-state index contributed by atoms with van der Waals surface area (Å²) in [4.78, 5) is 36.2. The lowest BCUT2D eigenvalue weighted by atomic mass is 10.1. The van der Waals surface area contributed by atoms with Crippen LogP contribution in [-0.4, -0.2) is 80.6 Å². The molecule has 0 aromatic carbocycles. The van der Waals surface area contributed by atoms with Gasteiger partial charge in [-0.15, -0.1) is 0 Å². The van der Waals surface area contributed by atoms with E-state index in [1.165, 1.54) is 38.5 Å². The van der Waals surface area contributed by atoms with Gasteiger partial charge in [-0.2, -0.15) is 0 Å². The molecule has 0 aliphatic heterocycles. The number of allylic oxidation sites excluding steroid dienone is 6. The van der Waals surface area contributed by atoms with Crippen molar-refractivity contribution >= 4 is 17.9 Å². The van der Waals surface area contributed by atoms with Crippen LogP contribution in [-0.2, 0) is 28.6 Å². The number of unbranched alkanes of at least 4 members (excludes halogenated alkanes) is 11. The SMILES string of the molecule is CCCCC/C=C\C/C=C\C/C=C\CCCCCCCCC(=O)OC(COCCC(C(=O)O)[N+](C)(C)C)COC(=O)CCCCC. The van der Waals surface area contributed by atoms with Gasteiger partial charge >= 0.3 is 17.9 Å². The maximum Gasteiger partial charge on any atom is 0.362 e. The molecule has 8 nitrogen and oxygen atoms in total. The standard InChI is InChI=1S/C38H67NO7/c1-6-8-10-11-12-13-14-15-16-17-18-19-20-21-22-23-24-25-27-29-37(41)46-34(33-45-36(40)28-26-9-7-2)32-44-31-30-35(38(42)43)39(3,4)5/h12-13,15-16,18-19,34-35H,6-11,14,17,20-33H2,1-5H3/p+1/b13-12-,16-15-,19-18-. The number of nitrogens with zero attached hydrogens (tertiary/aromatic N) is 1. The van der Waals surface area contributed by atoms with Gasteiger partial charge in [-0.1, -0.05) is 102 Å². The largest absolute Gasteiger partial charge is 0.477 e. The van der Waals surface area contributed by atoms with E-state index >= 15 is 0 Å². The number of hydrogen-bond acceptors (Lipinski definition) is 6. The first-order valence-corrected chi connectivity index (χ1v) is 18.0. The van der Waals surface area contributed by atoms with Gasteiger partial charge in [-0.25, -0.2) is 4.79 Å². The Kier molecular flexibility index (Phi) is 28.3. The van der Waals surface area contributed by atoms with E-state index < -0.39 is 18.1 Å². The van der Waals surface area contributed by atoms with E-state index in [1.54, 1.807) is 0 Å². The summed E-state index contributed by atoms with van der Waals surface area (Å²) in [7, 11) is 5.49. The van der Waals surface area contributed by atoms with Crippen LogP contribution in [0.4, 0.5) is 0 Å². The molecule has 0 saturated heterocycles. The van der Waals surface area contributed by atoms with E-state index in [1.807, 2.05) is 21.1 Å². The van der Waals surface area contributed by atoms with Crippen molar-refractivity contribution in [2.24, 2.45) is 0 Å². The van der Waals surface area contributed by atoms with Crippen molar-refractivity contribution in [3.8, 4) is 0 Å². The average Bonchev–Trinajstić information content (AvgIpc) is 3.00. The summed E-state index contributed by atoms with van der Waals surface area (Å²) in [5.41, 5.74) is 0. The van der Waals surface area contributed by atoms with Gasteiger partial charge in [0.1, 0.15) is 6.61 Å². The highest BCUT2D eigenvalue weighted by Crippen LogP contribution is 2.12. The van der Waals surface area contributed by atoms with Gasteiger partial charge in [0.05, 0.1) is 34.4 Å². The third kappa shape index (κ3) is 27.8. The molecule has 0 amide bonds.